The van der Waals surface area contributed by atoms with Crippen molar-refractivity contribution in [2.75, 3.05) is 26.7 Å². The Balaban J connectivity index is 2.37. The molecule has 1 N–H and O–H groups in total. The number of rotatable bonds is 5. The van der Waals surface area contributed by atoms with Gasteiger partial charge < -0.3 is 5.32 Å². The van der Waals surface area contributed by atoms with E-state index in [1.54, 1.807) is 6.07 Å². The van der Waals surface area contributed by atoms with Gasteiger partial charge in [0, 0.05) is 17.7 Å². The van der Waals surface area contributed by atoms with E-state index in [9.17, 15) is 8.78 Å². The number of nitrogens with one attached hydrogen (secondary N) is 1. The summed E-state index contributed by atoms with van der Waals surface area (Å²) in [7, 11) is 1.94. The molecule has 0 aliphatic carbocycles. The minimum Gasteiger partial charge on any atom is -0.319 e. The van der Waals surface area contributed by atoms with Crippen molar-refractivity contribution in [2.45, 2.75) is 38.6 Å². The number of likely N-dealkylation sites (tertiary alicyclic amines) is 1. The highest BCUT2D eigenvalue weighted by Gasteiger charge is 2.32. The number of halogens is 2. The molecule has 2 nitrogen and oxygen atoms in total. The first-order valence-electron chi connectivity index (χ1n) is 8.01. The molecule has 1 aliphatic heterocycles. The van der Waals surface area contributed by atoms with Gasteiger partial charge in [-0.15, -0.1) is 0 Å². The Labute approximate surface area is 126 Å². The van der Waals surface area contributed by atoms with E-state index in [1.807, 2.05) is 7.05 Å². The Morgan fingerprint density at radius 1 is 1.29 bits per heavy atom. The zero-order valence-corrected chi connectivity index (χ0v) is 13.0. The van der Waals surface area contributed by atoms with Gasteiger partial charge in [-0.05, 0) is 57.9 Å². The van der Waals surface area contributed by atoms with Crippen LogP contribution in [0.1, 0.15) is 44.2 Å². The third-order valence-electron chi connectivity index (χ3n) is 4.37. The van der Waals surface area contributed by atoms with Crippen LogP contribution in [0.25, 0.3) is 0 Å². The number of hydrogen-bond donors (Lipinski definition) is 1. The van der Waals surface area contributed by atoms with E-state index < -0.39 is 11.6 Å². The predicted octanol–water partition coefficient (Wildman–Crippen LogP) is 3.74. The second kappa shape index (κ2) is 7.85. The van der Waals surface area contributed by atoms with Crippen molar-refractivity contribution in [3.63, 3.8) is 0 Å². The molecule has 2 unspecified atom stereocenters. The van der Waals surface area contributed by atoms with E-state index in [0.29, 0.717) is 11.5 Å². The molecule has 1 aromatic rings. The van der Waals surface area contributed by atoms with Crippen LogP contribution in [-0.2, 0) is 0 Å². The second-order valence-corrected chi connectivity index (χ2v) is 5.96. The molecular formula is C17H26F2N2. The van der Waals surface area contributed by atoms with Crippen LogP contribution in [0.2, 0.25) is 0 Å². The van der Waals surface area contributed by atoms with E-state index in [-0.39, 0.29) is 6.04 Å². The molecule has 118 valence electrons. The summed E-state index contributed by atoms with van der Waals surface area (Å²) in [6.45, 7) is 4.97. The molecule has 1 aliphatic rings. The van der Waals surface area contributed by atoms with Gasteiger partial charge in [0.05, 0.1) is 0 Å². The van der Waals surface area contributed by atoms with Crippen LogP contribution in [0.5, 0.6) is 0 Å². The molecule has 2 atom stereocenters. The Bertz CT molecular complexity index is 434. The molecule has 0 radical (unpaired) electrons. The van der Waals surface area contributed by atoms with E-state index in [0.717, 1.165) is 45.0 Å². The van der Waals surface area contributed by atoms with Crippen molar-refractivity contribution in [3.05, 3.63) is 35.4 Å². The fourth-order valence-corrected chi connectivity index (χ4v) is 3.52. The van der Waals surface area contributed by atoms with Crippen molar-refractivity contribution in [1.29, 1.82) is 0 Å². The summed E-state index contributed by atoms with van der Waals surface area (Å²) in [5.41, 5.74) is 0.645. The van der Waals surface area contributed by atoms with E-state index >= 15 is 0 Å². The smallest absolute Gasteiger partial charge is 0.130 e. The first kappa shape index (κ1) is 16.4. The van der Waals surface area contributed by atoms with Gasteiger partial charge in [-0.3, -0.25) is 4.90 Å². The average Bonchev–Trinajstić information content (AvgIpc) is 2.63. The fraction of sp³-hybridized carbons (Fsp3) is 0.647. The van der Waals surface area contributed by atoms with Gasteiger partial charge in [-0.25, -0.2) is 8.78 Å². The maximum atomic E-state index is 14.3. The molecule has 0 aromatic heterocycles. The predicted molar refractivity (Wildman–Crippen MR) is 82.2 cm³/mol. The lowest BCUT2D eigenvalue weighted by Gasteiger charge is -2.35. The summed E-state index contributed by atoms with van der Waals surface area (Å²) in [4.78, 5) is 2.38. The van der Waals surface area contributed by atoms with Crippen LogP contribution < -0.4 is 5.32 Å². The third-order valence-corrected chi connectivity index (χ3v) is 4.37. The lowest BCUT2D eigenvalue weighted by atomic mass is 9.88. The average molecular weight is 296 g/mol. The molecule has 1 saturated heterocycles. The molecule has 0 amide bonds. The minimum atomic E-state index is -0.503. The molecule has 1 aromatic carbocycles. The molecule has 1 fully saturated rings. The summed E-state index contributed by atoms with van der Waals surface area (Å²) >= 11 is 0. The lowest BCUT2D eigenvalue weighted by Crippen LogP contribution is -2.37. The first-order valence-corrected chi connectivity index (χ1v) is 8.01. The van der Waals surface area contributed by atoms with Gasteiger partial charge in [-0.1, -0.05) is 19.4 Å². The Morgan fingerprint density at radius 3 is 2.76 bits per heavy atom. The van der Waals surface area contributed by atoms with Gasteiger partial charge in [0.2, 0.25) is 0 Å². The lowest BCUT2D eigenvalue weighted by molar-refractivity contribution is 0.151. The molecule has 0 spiro atoms. The summed E-state index contributed by atoms with van der Waals surface area (Å²) in [5, 5.41) is 3.24. The monoisotopic (exact) mass is 296 g/mol. The van der Waals surface area contributed by atoms with Crippen LogP contribution in [0.3, 0.4) is 0 Å². The van der Waals surface area contributed by atoms with Gasteiger partial charge in [-0.2, -0.15) is 0 Å². The zero-order chi connectivity index (χ0) is 15.2. The quantitative estimate of drug-likeness (QED) is 0.890. The Hall–Kier alpha value is -1.00. The fourth-order valence-electron chi connectivity index (χ4n) is 3.52. The van der Waals surface area contributed by atoms with Crippen LogP contribution >= 0.6 is 0 Å². The van der Waals surface area contributed by atoms with Gasteiger partial charge in [0.1, 0.15) is 11.6 Å². The highest BCUT2D eigenvalue weighted by atomic mass is 19.1. The van der Waals surface area contributed by atoms with Crippen molar-refractivity contribution in [3.8, 4) is 0 Å². The SMILES string of the molecule is CCCN1CCCCC(CNC)C1c1ccc(F)cc1F. The van der Waals surface area contributed by atoms with Crippen LogP contribution in [0.4, 0.5) is 8.78 Å². The summed E-state index contributed by atoms with van der Waals surface area (Å²) in [6, 6.07) is 4.07. The highest BCUT2D eigenvalue weighted by molar-refractivity contribution is 5.23. The van der Waals surface area contributed by atoms with Crippen molar-refractivity contribution in [1.82, 2.24) is 10.2 Å². The first-order chi connectivity index (χ1) is 10.2. The largest absolute Gasteiger partial charge is 0.319 e. The summed E-state index contributed by atoms with van der Waals surface area (Å²) in [6.07, 6.45) is 4.46. The topological polar surface area (TPSA) is 15.3 Å². The Kier molecular flexibility index (Phi) is 6.12. The maximum absolute atomic E-state index is 14.3. The number of benzene rings is 1. The van der Waals surface area contributed by atoms with Crippen LogP contribution in [0, 0.1) is 17.6 Å². The van der Waals surface area contributed by atoms with Crippen LogP contribution in [-0.4, -0.2) is 31.6 Å². The second-order valence-electron chi connectivity index (χ2n) is 5.96. The minimum absolute atomic E-state index is 0.0421. The van der Waals surface area contributed by atoms with Gasteiger partial charge >= 0.3 is 0 Å². The maximum Gasteiger partial charge on any atom is 0.130 e. The van der Waals surface area contributed by atoms with Gasteiger partial charge in [0.25, 0.3) is 0 Å². The van der Waals surface area contributed by atoms with Gasteiger partial charge in [0.15, 0.2) is 0 Å². The molecule has 4 heteroatoms. The van der Waals surface area contributed by atoms with Crippen molar-refractivity contribution < 1.29 is 8.78 Å². The standard InChI is InChI=1S/C17H26F2N2/c1-3-9-21-10-5-4-6-13(12-20-2)17(21)15-8-7-14(18)11-16(15)19/h7-8,11,13,17,20H,3-6,9-10,12H2,1-2H3. The normalized spacial score (nSPS) is 24.0. The van der Waals surface area contributed by atoms with E-state index in [1.165, 1.54) is 12.5 Å². The summed E-state index contributed by atoms with van der Waals surface area (Å²) in [5.74, 6) is -0.551. The highest BCUT2D eigenvalue weighted by Crippen LogP contribution is 2.36. The molecular weight excluding hydrogens is 270 g/mol. The third kappa shape index (κ3) is 4.01. The van der Waals surface area contributed by atoms with Crippen molar-refractivity contribution in [2.24, 2.45) is 5.92 Å². The zero-order valence-electron chi connectivity index (χ0n) is 13.0. The molecule has 21 heavy (non-hydrogen) atoms. The van der Waals surface area contributed by atoms with E-state index in [2.05, 4.69) is 17.1 Å². The van der Waals surface area contributed by atoms with E-state index in [4.69, 9.17) is 0 Å². The number of nitrogens with zero attached hydrogens (tertiary/aromatic N) is 1. The van der Waals surface area contributed by atoms with Crippen LogP contribution in [0.15, 0.2) is 18.2 Å². The Morgan fingerprint density at radius 2 is 2.10 bits per heavy atom. The molecule has 1 heterocycles. The molecule has 0 bridgehead atoms. The number of hydrogen-bond acceptors (Lipinski definition) is 2. The molecule has 2 rings (SSSR count). The molecule has 0 saturated carbocycles. The summed E-state index contributed by atoms with van der Waals surface area (Å²) < 4.78 is 27.5. The van der Waals surface area contributed by atoms with Crippen molar-refractivity contribution >= 4 is 0 Å².